The molecule has 0 aromatic carbocycles. The zero-order valence-corrected chi connectivity index (χ0v) is 12.2. The van der Waals surface area contributed by atoms with E-state index < -0.39 is 0 Å². The number of pyridine rings is 1. The summed E-state index contributed by atoms with van der Waals surface area (Å²) in [5.74, 6) is 0.722. The maximum absolute atomic E-state index is 5.36. The van der Waals surface area contributed by atoms with Crippen molar-refractivity contribution in [2.24, 2.45) is 0 Å². The van der Waals surface area contributed by atoms with Crippen LogP contribution in [-0.4, -0.2) is 18.6 Å². The highest BCUT2D eigenvalue weighted by Gasteiger charge is 2.15. The summed E-state index contributed by atoms with van der Waals surface area (Å²) >= 11 is 1.81. The number of nitrogens with one attached hydrogen (secondary N) is 1. The second-order valence-corrected chi connectivity index (χ2v) is 5.36. The predicted molar refractivity (Wildman–Crippen MR) is 79.8 cm³/mol. The second kappa shape index (κ2) is 7.26. The lowest BCUT2D eigenvalue weighted by molar-refractivity contribution is 0.380. The largest absolute Gasteiger partial charge is 0.481 e. The van der Waals surface area contributed by atoms with Gasteiger partial charge in [0.05, 0.1) is 7.11 Å². The molecular formula is C15H20N2OS. The molecule has 4 heteroatoms. The quantitative estimate of drug-likeness (QED) is 0.841. The normalized spacial score (nSPS) is 12.3. The molecular weight excluding hydrogens is 256 g/mol. The first-order chi connectivity index (χ1) is 9.35. The molecule has 1 atom stereocenters. The maximum atomic E-state index is 5.36. The highest BCUT2D eigenvalue weighted by atomic mass is 32.1. The monoisotopic (exact) mass is 276 g/mol. The number of methoxy groups -OCH3 is 1. The lowest BCUT2D eigenvalue weighted by atomic mass is 10.0. The molecule has 1 unspecified atom stereocenters. The van der Waals surface area contributed by atoms with E-state index in [1.165, 1.54) is 4.88 Å². The molecule has 19 heavy (non-hydrogen) atoms. The summed E-state index contributed by atoms with van der Waals surface area (Å²) in [6.45, 7) is 3.06. The van der Waals surface area contributed by atoms with Gasteiger partial charge < -0.3 is 10.1 Å². The topological polar surface area (TPSA) is 34.2 Å². The smallest absolute Gasteiger partial charge is 0.217 e. The molecule has 2 aromatic heterocycles. The summed E-state index contributed by atoms with van der Waals surface area (Å²) in [7, 11) is 1.67. The number of hydrogen-bond donors (Lipinski definition) is 1. The summed E-state index contributed by atoms with van der Waals surface area (Å²) in [4.78, 5) is 5.71. The molecule has 2 rings (SSSR count). The van der Waals surface area contributed by atoms with Crippen LogP contribution in [0, 0.1) is 0 Å². The van der Waals surface area contributed by atoms with Crippen molar-refractivity contribution in [3.63, 3.8) is 0 Å². The van der Waals surface area contributed by atoms with E-state index in [2.05, 4.69) is 40.8 Å². The van der Waals surface area contributed by atoms with Crippen LogP contribution in [0.4, 0.5) is 0 Å². The highest BCUT2D eigenvalue weighted by Crippen LogP contribution is 2.26. The fourth-order valence-corrected chi connectivity index (χ4v) is 2.92. The van der Waals surface area contributed by atoms with Crippen molar-refractivity contribution in [1.29, 1.82) is 0 Å². The van der Waals surface area contributed by atoms with Crippen molar-refractivity contribution in [3.05, 3.63) is 46.3 Å². The molecule has 2 heterocycles. The SMILES string of the molecule is CCNC(CCc1cccs1)c1cccnc1OC. The molecule has 3 nitrogen and oxygen atoms in total. The van der Waals surface area contributed by atoms with E-state index in [9.17, 15) is 0 Å². The molecule has 0 radical (unpaired) electrons. The number of ether oxygens (including phenoxy) is 1. The summed E-state index contributed by atoms with van der Waals surface area (Å²) in [5.41, 5.74) is 1.14. The first kappa shape index (κ1) is 14.0. The van der Waals surface area contributed by atoms with Crippen molar-refractivity contribution in [1.82, 2.24) is 10.3 Å². The third-order valence-corrected chi connectivity index (χ3v) is 4.02. The summed E-state index contributed by atoms with van der Waals surface area (Å²) in [6, 6.07) is 8.64. The van der Waals surface area contributed by atoms with E-state index in [4.69, 9.17) is 4.74 Å². The molecule has 0 spiro atoms. The molecule has 1 N–H and O–H groups in total. The van der Waals surface area contributed by atoms with Gasteiger partial charge in [0.15, 0.2) is 0 Å². The predicted octanol–water partition coefficient (Wildman–Crippen LogP) is 3.44. The zero-order valence-electron chi connectivity index (χ0n) is 11.4. The highest BCUT2D eigenvalue weighted by molar-refractivity contribution is 7.09. The standard InChI is InChI=1S/C15H20N2OS/c1-3-16-14(9-8-12-6-5-11-19-12)13-7-4-10-17-15(13)18-2/h4-7,10-11,14,16H,3,8-9H2,1-2H3. The third kappa shape index (κ3) is 3.78. The van der Waals surface area contributed by atoms with Gasteiger partial charge in [0, 0.05) is 22.7 Å². The number of rotatable bonds is 7. The fraction of sp³-hybridized carbons (Fsp3) is 0.400. The molecule has 102 valence electrons. The van der Waals surface area contributed by atoms with E-state index in [-0.39, 0.29) is 6.04 Å². The average molecular weight is 276 g/mol. The van der Waals surface area contributed by atoms with Crippen LogP contribution < -0.4 is 10.1 Å². The Morgan fingerprint density at radius 1 is 1.37 bits per heavy atom. The minimum absolute atomic E-state index is 0.288. The van der Waals surface area contributed by atoms with Gasteiger partial charge in [-0.1, -0.05) is 19.1 Å². The summed E-state index contributed by atoms with van der Waals surface area (Å²) in [5, 5.41) is 5.65. The van der Waals surface area contributed by atoms with E-state index in [1.54, 1.807) is 13.3 Å². The second-order valence-electron chi connectivity index (χ2n) is 4.33. The van der Waals surface area contributed by atoms with Crippen molar-refractivity contribution < 1.29 is 4.74 Å². The van der Waals surface area contributed by atoms with Gasteiger partial charge in [-0.25, -0.2) is 4.98 Å². The van der Waals surface area contributed by atoms with Crippen LogP contribution in [0.15, 0.2) is 35.8 Å². The first-order valence-corrected chi connectivity index (χ1v) is 7.47. The first-order valence-electron chi connectivity index (χ1n) is 6.59. The minimum atomic E-state index is 0.288. The van der Waals surface area contributed by atoms with Crippen molar-refractivity contribution >= 4 is 11.3 Å². The number of thiophene rings is 1. The maximum Gasteiger partial charge on any atom is 0.217 e. The average Bonchev–Trinajstić information content (AvgIpc) is 2.96. The number of hydrogen-bond acceptors (Lipinski definition) is 4. The molecule has 2 aromatic rings. The van der Waals surface area contributed by atoms with Crippen LogP contribution in [0.25, 0.3) is 0 Å². The summed E-state index contributed by atoms with van der Waals surface area (Å²) < 4.78 is 5.36. The lowest BCUT2D eigenvalue weighted by Gasteiger charge is -2.19. The molecule has 0 saturated heterocycles. The van der Waals surface area contributed by atoms with Gasteiger partial charge in [0.25, 0.3) is 0 Å². The van der Waals surface area contributed by atoms with Crippen molar-refractivity contribution in [2.75, 3.05) is 13.7 Å². The molecule has 0 bridgehead atoms. The Labute approximate surface area is 118 Å². The number of nitrogens with zero attached hydrogens (tertiary/aromatic N) is 1. The van der Waals surface area contributed by atoms with Gasteiger partial charge in [-0.05, 0) is 36.9 Å². The van der Waals surface area contributed by atoms with E-state index in [0.29, 0.717) is 0 Å². The van der Waals surface area contributed by atoms with Crippen LogP contribution in [0.1, 0.15) is 29.8 Å². The Balaban J connectivity index is 2.10. The van der Waals surface area contributed by atoms with Crippen LogP contribution in [-0.2, 0) is 6.42 Å². The third-order valence-electron chi connectivity index (χ3n) is 3.08. The van der Waals surface area contributed by atoms with Gasteiger partial charge in [-0.3, -0.25) is 0 Å². The van der Waals surface area contributed by atoms with E-state index in [1.807, 2.05) is 17.4 Å². The molecule has 0 saturated carbocycles. The van der Waals surface area contributed by atoms with Crippen LogP contribution in [0.3, 0.4) is 0 Å². The minimum Gasteiger partial charge on any atom is -0.481 e. The Hall–Kier alpha value is -1.39. The Morgan fingerprint density at radius 2 is 2.26 bits per heavy atom. The molecule has 0 aliphatic rings. The lowest BCUT2D eigenvalue weighted by Crippen LogP contribution is -2.22. The Morgan fingerprint density at radius 3 is 2.95 bits per heavy atom. The fourth-order valence-electron chi connectivity index (χ4n) is 2.19. The van der Waals surface area contributed by atoms with Crippen molar-refractivity contribution in [2.45, 2.75) is 25.8 Å². The van der Waals surface area contributed by atoms with Gasteiger partial charge in [0.1, 0.15) is 0 Å². The number of aromatic nitrogens is 1. The van der Waals surface area contributed by atoms with Gasteiger partial charge in [-0.2, -0.15) is 0 Å². The number of aryl methyl sites for hydroxylation is 1. The zero-order chi connectivity index (χ0) is 13.5. The molecule has 0 aliphatic carbocycles. The van der Waals surface area contributed by atoms with E-state index in [0.717, 1.165) is 30.8 Å². The molecule has 0 fully saturated rings. The van der Waals surface area contributed by atoms with E-state index >= 15 is 0 Å². The Bertz CT molecular complexity index is 485. The van der Waals surface area contributed by atoms with Gasteiger partial charge in [0.2, 0.25) is 5.88 Å². The van der Waals surface area contributed by atoms with Crippen LogP contribution in [0.2, 0.25) is 0 Å². The van der Waals surface area contributed by atoms with Crippen LogP contribution in [0.5, 0.6) is 5.88 Å². The van der Waals surface area contributed by atoms with Crippen molar-refractivity contribution in [3.8, 4) is 5.88 Å². The summed E-state index contributed by atoms with van der Waals surface area (Å²) in [6.07, 6.45) is 3.90. The molecule has 0 aliphatic heterocycles. The van der Waals surface area contributed by atoms with Gasteiger partial charge >= 0.3 is 0 Å². The Kier molecular flexibility index (Phi) is 5.36. The van der Waals surface area contributed by atoms with Crippen LogP contribution >= 0.6 is 11.3 Å². The van der Waals surface area contributed by atoms with Gasteiger partial charge in [-0.15, -0.1) is 11.3 Å². The molecule has 0 amide bonds.